The zero-order valence-corrected chi connectivity index (χ0v) is 13.9. The van der Waals surface area contributed by atoms with Crippen LogP contribution in [0.25, 0.3) is 11.3 Å². The van der Waals surface area contributed by atoms with Crippen LogP contribution in [-0.4, -0.2) is 36.0 Å². The number of aromatic carboxylic acids is 1. The van der Waals surface area contributed by atoms with Crippen molar-refractivity contribution in [1.29, 1.82) is 0 Å². The molecule has 0 radical (unpaired) electrons. The number of carbonyl (C=O) groups is 1. The minimum absolute atomic E-state index is 0.0431. The number of hydrogen-bond donors (Lipinski definition) is 2. The summed E-state index contributed by atoms with van der Waals surface area (Å²) >= 11 is 5.86. The highest BCUT2D eigenvalue weighted by Crippen LogP contribution is 2.30. The largest absolute Gasteiger partial charge is 0.477 e. The molecular weight excluding hydrogens is 332 g/mol. The molecule has 1 aromatic heterocycles. The number of rotatable bonds is 7. The molecule has 6 nitrogen and oxygen atoms in total. The van der Waals surface area contributed by atoms with Crippen molar-refractivity contribution in [3.05, 3.63) is 34.9 Å². The van der Waals surface area contributed by atoms with E-state index >= 15 is 0 Å². The van der Waals surface area contributed by atoms with Crippen molar-refractivity contribution < 1.29 is 19.2 Å². The Balaban J connectivity index is 1.67. The number of carboxylic acids is 1. The van der Waals surface area contributed by atoms with E-state index in [0.717, 1.165) is 32.5 Å². The Morgan fingerprint density at radius 3 is 2.83 bits per heavy atom. The number of halogens is 1. The van der Waals surface area contributed by atoms with E-state index in [4.69, 9.17) is 20.9 Å². The summed E-state index contributed by atoms with van der Waals surface area (Å²) in [6.07, 6.45) is 3.08. The predicted octanol–water partition coefficient (Wildman–Crippen LogP) is 3.92. The number of nitrogens with one attached hydrogen (secondary N) is 1. The molecule has 2 heterocycles. The van der Waals surface area contributed by atoms with Crippen molar-refractivity contribution in [2.45, 2.75) is 19.3 Å². The lowest BCUT2D eigenvalue weighted by Gasteiger charge is -2.07. The second kappa shape index (κ2) is 7.68. The third kappa shape index (κ3) is 3.88. The molecule has 24 heavy (non-hydrogen) atoms. The van der Waals surface area contributed by atoms with Crippen LogP contribution in [0.3, 0.4) is 0 Å². The zero-order valence-electron chi connectivity index (χ0n) is 13.1. The minimum atomic E-state index is -1.08. The van der Waals surface area contributed by atoms with Gasteiger partial charge in [-0.05, 0) is 49.4 Å². The number of benzene rings is 1. The number of anilines is 1. The number of ether oxygens (including phenoxy) is 1. The van der Waals surface area contributed by atoms with Crippen LogP contribution in [-0.2, 0) is 4.74 Å². The maximum atomic E-state index is 11.6. The monoisotopic (exact) mass is 350 g/mol. The molecule has 0 amide bonds. The van der Waals surface area contributed by atoms with Gasteiger partial charge in [0, 0.05) is 30.3 Å². The SMILES string of the molecule is O=C(O)c1c(NCCCC2CCOC2)noc1-c1ccc(Cl)cc1. The first-order valence-electron chi connectivity index (χ1n) is 7.95. The molecule has 0 spiro atoms. The number of aromatic nitrogens is 1. The van der Waals surface area contributed by atoms with Gasteiger partial charge in [0.15, 0.2) is 17.1 Å². The average molecular weight is 351 g/mol. The van der Waals surface area contributed by atoms with Crippen molar-refractivity contribution in [2.75, 3.05) is 25.1 Å². The Bertz CT molecular complexity index is 693. The normalized spacial score (nSPS) is 17.1. The lowest BCUT2D eigenvalue weighted by Crippen LogP contribution is -2.09. The van der Waals surface area contributed by atoms with Gasteiger partial charge in [0.25, 0.3) is 0 Å². The summed E-state index contributed by atoms with van der Waals surface area (Å²) in [6.45, 7) is 2.31. The topological polar surface area (TPSA) is 84.6 Å². The summed E-state index contributed by atoms with van der Waals surface area (Å²) in [4.78, 5) is 11.6. The molecule has 0 saturated carbocycles. The summed E-state index contributed by atoms with van der Waals surface area (Å²) in [5, 5.41) is 17.0. The first-order chi connectivity index (χ1) is 11.6. The summed E-state index contributed by atoms with van der Waals surface area (Å²) in [6, 6.07) is 6.78. The molecule has 1 saturated heterocycles. The highest BCUT2D eigenvalue weighted by Gasteiger charge is 2.23. The van der Waals surface area contributed by atoms with E-state index in [1.807, 2.05) is 0 Å². The van der Waals surface area contributed by atoms with Gasteiger partial charge in [-0.25, -0.2) is 4.79 Å². The lowest BCUT2D eigenvalue weighted by molar-refractivity contribution is 0.0698. The molecule has 1 fully saturated rings. The fourth-order valence-electron chi connectivity index (χ4n) is 2.82. The molecule has 2 N–H and O–H groups in total. The number of carboxylic acid groups (broad SMARTS) is 1. The van der Waals surface area contributed by atoms with Gasteiger partial charge in [0.2, 0.25) is 0 Å². The van der Waals surface area contributed by atoms with Crippen LogP contribution < -0.4 is 5.32 Å². The average Bonchev–Trinajstić information content (AvgIpc) is 3.22. The van der Waals surface area contributed by atoms with Crippen LogP contribution in [0.4, 0.5) is 5.82 Å². The summed E-state index contributed by atoms with van der Waals surface area (Å²) in [7, 11) is 0. The summed E-state index contributed by atoms with van der Waals surface area (Å²) in [5.74, 6) is 0.0153. The molecule has 1 unspecified atom stereocenters. The third-order valence-electron chi connectivity index (χ3n) is 4.12. The van der Waals surface area contributed by atoms with E-state index in [1.165, 1.54) is 0 Å². The van der Waals surface area contributed by atoms with Crippen LogP contribution in [0, 0.1) is 5.92 Å². The fraction of sp³-hybridized carbons (Fsp3) is 0.412. The molecular formula is C17H19ClN2O4. The Kier molecular flexibility index (Phi) is 5.37. The van der Waals surface area contributed by atoms with Gasteiger partial charge < -0.3 is 19.7 Å². The standard InChI is InChI=1S/C17H19ClN2O4/c18-13-5-3-12(4-6-13)15-14(17(21)22)16(20-24-15)19-8-1-2-11-7-9-23-10-11/h3-6,11H,1-2,7-10H2,(H,19,20)(H,21,22). The summed E-state index contributed by atoms with van der Waals surface area (Å²) in [5.41, 5.74) is 0.668. The van der Waals surface area contributed by atoms with Gasteiger partial charge >= 0.3 is 5.97 Å². The smallest absolute Gasteiger partial charge is 0.343 e. The highest BCUT2D eigenvalue weighted by molar-refractivity contribution is 6.30. The Hall–Kier alpha value is -2.05. The van der Waals surface area contributed by atoms with Crippen molar-refractivity contribution in [2.24, 2.45) is 5.92 Å². The van der Waals surface area contributed by atoms with Gasteiger partial charge in [0.1, 0.15) is 0 Å². The van der Waals surface area contributed by atoms with Crippen molar-refractivity contribution in [3.8, 4) is 11.3 Å². The number of nitrogens with zero attached hydrogens (tertiary/aromatic N) is 1. The second-order valence-corrected chi connectivity index (χ2v) is 6.28. The Morgan fingerprint density at radius 1 is 1.38 bits per heavy atom. The summed E-state index contributed by atoms with van der Waals surface area (Å²) < 4.78 is 10.6. The first-order valence-corrected chi connectivity index (χ1v) is 8.33. The quantitative estimate of drug-likeness (QED) is 0.736. The van der Waals surface area contributed by atoms with E-state index in [0.29, 0.717) is 23.0 Å². The van der Waals surface area contributed by atoms with Crippen molar-refractivity contribution >= 4 is 23.4 Å². The fourth-order valence-corrected chi connectivity index (χ4v) is 2.94. The zero-order chi connectivity index (χ0) is 16.9. The molecule has 2 aromatic rings. The van der Waals surface area contributed by atoms with E-state index in [-0.39, 0.29) is 17.1 Å². The molecule has 0 aliphatic carbocycles. The Morgan fingerprint density at radius 2 is 2.17 bits per heavy atom. The number of hydrogen-bond acceptors (Lipinski definition) is 5. The maximum Gasteiger partial charge on any atom is 0.343 e. The molecule has 1 aliphatic heterocycles. The van der Waals surface area contributed by atoms with Crippen molar-refractivity contribution in [1.82, 2.24) is 5.16 Å². The second-order valence-electron chi connectivity index (χ2n) is 5.85. The first kappa shape index (κ1) is 16.8. The van der Waals surface area contributed by atoms with E-state index < -0.39 is 5.97 Å². The van der Waals surface area contributed by atoms with Crippen LogP contribution in [0.2, 0.25) is 5.02 Å². The van der Waals surface area contributed by atoms with Crippen LogP contribution in [0.1, 0.15) is 29.6 Å². The molecule has 3 rings (SSSR count). The van der Waals surface area contributed by atoms with Crippen LogP contribution in [0.5, 0.6) is 0 Å². The Labute approximate surface area is 144 Å². The van der Waals surface area contributed by atoms with E-state index in [1.54, 1.807) is 24.3 Å². The van der Waals surface area contributed by atoms with Gasteiger partial charge in [-0.2, -0.15) is 0 Å². The van der Waals surface area contributed by atoms with E-state index in [9.17, 15) is 9.90 Å². The molecule has 128 valence electrons. The molecule has 1 atom stereocenters. The highest BCUT2D eigenvalue weighted by atomic mass is 35.5. The van der Waals surface area contributed by atoms with Gasteiger partial charge in [-0.15, -0.1) is 0 Å². The molecule has 1 aromatic carbocycles. The van der Waals surface area contributed by atoms with Crippen LogP contribution >= 0.6 is 11.6 Å². The minimum Gasteiger partial charge on any atom is -0.477 e. The van der Waals surface area contributed by atoms with Gasteiger partial charge in [0.05, 0.1) is 0 Å². The third-order valence-corrected chi connectivity index (χ3v) is 4.37. The predicted molar refractivity (Wildman–Crippen MR) is 90.6 cm³/mol. The molecule has 1 aliphatic rings. The molecule has 0 bridgehead atoms. The van der Waals surface area contributed by atoms with Crippen LogP contribution in [0.15, 0.2) is 28.8 Å². The van der Waals surface area contributed by atoms with Gasteiger partial charge in [-0.1, -0.05) is 16.8 Å². The lowest BCUT2D eigenvalue weighted by atomic mass is 10.0. The van der Waals surface area contributed by atoms with Gasteiger partial charge in [-0.3, -0.25) is 0 Å². The molecule has 7 heteroatoms. The maximum absolute atomic E-state index is 11.6. The van der Waals surface area contributed by atoms with E-state index in [2.05, 4.69) is 10.5 Å². The van der Waals surface area contributed by atoms with Crippen molar-refractivity contribution in [3.63, 3.8) is 0 Å².